The van der Waals surface area contributed by atoms with Crippen LogP contribution in [0.15, 0.2) is 18.2 Å². The third kappa shape index (κ3) is 3.33. The molecule has 3 nitrogen and oxygen atoms in total. The van der Waals surface area contributed by atoms with Crippen molar-refractivity contribution in [1.29, 1.82) is 0 Å². The Bertz CT molecular complexity index is 657. The van der Waals surface area contributed by atoms with Gasteiger partial charge in [-0.3, -0.25) is 4.90 Å². The van der Waals surface area contributed by atoms with Crippen LogP contribution in [-0.2, 0) is 13.0 Å². The Balaban J connectivity index is 1.76. The van der Waals surface area contributed by atoms with Crippen molar-refractivity contribution in [2.75, 3.05) is 25.1 Å². The van der Waals surface area contributed by atoms with E-state index in [0.717, 1.165) is 43.5 Å². The summed E-state index contributed by atoms with van der Waals surface area (Å²) in [5.41, 5.74) is 2.37. The zero-order valence-electron chi connectivity index (χ0n) is 12.5. The van der Waals surface area contributed by atoms with Gasteiger partial charge in [0.05, 0.1) is 17.0 Å². The summed E-state index contributed by atoms with van der Waals surface area (Å²) in [6.45, 7) is 2.87. The maximum atomic E-state index is 13.9. The first-order chi connectivity index (χ1) is 10.7. The Kier molecular flexibility index (Phi) is 4.78. The summed E-state index contributed by atoms with van der Waals surface area (Å²) in [7, 11) is 0. The maximum absolute atomic E-state index is 13.9. The van der Waals surface area contributed by atoms with Crippen molar-refractivity contribution in [3.63, 3.8) is 0 Å². The van der Waals surface area contributed by atoms with Gasteiger partial charge in [0, 0.05) is 25.6 Å². The van der Waals surface area contributed by atoms with Crippen molar-refractivity contribution in [3.05, 3.63) is 41.2 Å². The van der Waals surface area contributed by atoms with Gasteiger partial charge < -0.3 is 4.98 Å². The van der Waals surface area contributed by atoms with Crippen molar-refractivity contribution in [1.82, 2.24) is 14.9 Å². The molecule has 0 aliphatic carbocycles. The predicted octanol–water partition coefficient (Wildman–Crippen LogP) is 3.47. The highest BCUT2D eigenvalue weighted by molar-refractivity contribution is 7.98. The van der Waals surface area contributed by atoms with E-state index in [1.807, 2.05) is 11.8 Å². The first kappa shape index (κ1) is 15.5. The van der Waals surface area contributed by atoms with Gasteiger partial charge in [-0.25, -0.2) is 13.8 Å². The van der Waals surface area contributed by atoms with Gasteiger partial charge in [0.15, 0.2) is 0 Å². The van der Waals surface area contributed by atoms with Crippen molar-refractivity contribution in [3.8, 4) is 11.4 Å². The summed E-state index contributed by atoms with van der Waals surface area (Å²) in [6, 6.07) is 3.59. The summed E-state index contributed by atoms with van der Waals surface area (Å²) in [4.78, 5) is 10.1. The van der Waals surface area contributed by atoms with Gasteiger partial charge in [0.25, 0.3) is 0 Å². The van der Waals surface area contributed by atoms with E-state index in [0.29, 0.717) is 11.4 Å². The van der Waals surface area contributed by atoms with Gasteiger partial charge in [-0.05, 0) is 37.1 Å². The van der Waals surface area contributed by atoms with E-state index in [1.165, 1.54) is 24.3 Å². The van der Waals surface area contributed by atoms with Crippen LogP contribution in [0.3, 0.4) is 0 Å². The molecule has 0 unspecified atom stereocenters. The second kappa shape index (κ2) is 6.79. The molecule has 1 aromatic heterocycles. The van der Waals surface area contributed by atoms with Gasteiger partial charge in [0.1, 0.15) is 17.5 Å². The summed E-state index contributed by atoms with van der Waals surface area (Å²) < 4.78 is 26.9. The molecule has 0 saturated heterocycles. The molecule has 0 saturated carbocycles. The number of hydrogen-bond acceptors (Lipinski definition) is 3. The zero-order valence-corrected chi connectivity index (χ0v) is 13.3. The van der Waals surface area contributed by atoms with Crippen LogP contribution in [0.1, 0.15) is 17.8 Å². The fraction of sp³-hybridized carbons (Fsp3) is 0.438. The Morgan fingerprint density at radius 1 is 1.36 bits per heavy atom. The van der Waals surface area contributed by atoms with Gasteiger partial charge in [0.2, 0.25) is 0 Å². The summed E-state index contributed by atoms with van der Waals surface area (Å²) >= 11 is 1.86. The lowest BCUT2D eigenvalue weighted by Gasteiger charge is -2.25. The van der Waals surface area contributed by atoms with E-state index in [9.17, 15) is 8.78 Å². The third-order valence-electron chi connectivity index (χ3n) is 3.92. The van der Waals surface area contributed by atoms with E-state index in [2.05, 4.69) is 21.1 Å². The molecule has 2 heterocycles. The largest absolute Gasteiger partial charge is 0.340 e. The first-order valence-electron chi connectivity index (χ1n) is 7.42. The second-order valence-electron chi connectivity index (χ2n) is 5.51. The molecule has 1 aliphatic heterocycles. The van der Waals surface area contributed by atoms with Crippen LogP contribution < -0.4 is 0 Å². The number of aromatic amines is 1. The van der Waals surface area contributed by atoms with Gasteiger partial charge >= 0.3 is 0 Å². The van der Waals surface area contributed by atoms with E-state index in [1.54, 1.807) is 0 Å². The Morgan fingerprint density at radius 3 is 3.00 bits per heavy atom. The van der Waals surface area contributed by atoms with Crippen LogP contribution in [-0.4, -0.2) is 40.0 Å². The minimum absolute atomic E-state index is 0.324. The Hall–Kier alpha value is -1.40. The standard InChI is InChI=1S/C16H19F2N3S/c1-22-8-2-6-21-7-5-14-15(10-21)20-16(19-14)12-4-3-11(17)9-13(12)18/h3-4,9H,2,5-8,10H2,1H3,(H,19,20). The van der Waals surface area contributed by atoms with E-state index in [-0.39, 0.29) is 0 Å². The number of halogens is 2. The average Bonchev–Trinajstić information content (AvgIpc) is 2.90. The van der Waals surface area contributed by atoms with Gasteiger partial charge in [-0.2, -0.15) is 11.8 Å². The maximum Gasteiger partial charge on any atom is 0.140 e. The number of nitrogens with zero attached hydrogens (tertiary/aromatic N) is 2. The zero-order chi connectivity index (χ0) is 15.5. The molecular formula is C16H19F2N3S. The monoisotopic (exact) mass is 323 g/mol. The molecule has 0 amide bonds. The molecule has 0 spiro atoms. The number of imidazole rings is 1. The van der Waals surface area contributed by atoms with Crippen LogP contribution in [0.5, 0.6) is 0 Å². The number of rotatable bonds is 5. The van der Waals surface area contributed by atoms with Crippen molar-refractivity contribution < 1.29 is 8.78 Å². The number of thioether (sulfide) groups is 1. The fourth-order valence-electron chi connectivity index (χ4n) is 2.78. The lowest BCUT2D eigenvalue weighted by molar-refractivity contribution is 0.251. The summed E-state index contributed by atoms with van der Waals surface area (Å²) in [6.07, 6.45) is 4.16. The van der Waals surface area contributed by atoms with Crippen LogP contribution in [0.2, 0.25) is 0 Å². The molecule has 6 heteroatoms. The molecule has 0 atom stereocenters. The Morgan fingerprint density at radius 2 is 2.23 bits per heavy atom. The number of H-pyrrole nitrogens is 1. The second-order valence-corrected chi connectivity index (χ2v) is 6.49. The molecule has 1 aliphatic rings. The minimum atomic E-state index is -0.581. The van der Waals surface area contributed by atoms with E-state index >= 15 is 0 Å². The highest BCUT2D eigenvalue weighted by Gasteiger charge is 2.21. The van der Waals surface area contributed by atoms with Gasteiger partial charge in [-0.15, -0.1) is 0 Å². The van der Waals surface area contributed by atoms with Crippen LogP contribution >= 0.6 is 11.8 Å². The molecule has 0 fully saturated rings. The van der Waals surface area contributed by atoms with E-state index < -0.39 is 11.6 Å². The fourth-order valence-corrected chi connectivity index (χ4v) is 3.20. The molecule has 3 rings (SSSR count). The van der Waals surface area contributed by atoms with Crippen LogP contribution in [0.25, 0.3) is 11.4 Å². The summed E-state index contributed by atoms with van der Waals surface area (Å²) in [5.74, 6) is 0.507. The molecule has 118 valence electrons. The van der Waals surface area contributed by atoms with Gasteiger partial charge in [-0.1, -0.05) is 0 Å². The average molecular weight is 323 g/mol. The number of aromatic nitrogens is 2. The number of nitrogens with one attached hydrogen (secondary N) is 1. The minimum Gasteiger partial charge on any atom is -0.340 e. The predicted molar refractivity (Wildman–Crippen MR) is 85.9 cm³/mol. The smallest absolute Gasteiger partial charge is 0.140 e. The molecule has 1 N–H and O–H groups in total. The molecule has 1 aromatic carbocycles. The number of fused-ring (bicyclic) bond motifs is 1. The van der Waals surface area contributed by atoms with Crippen LogP contribution in [0.4, 0.5) is 8.78 Å². The first-order valence-corrected chi connectivity index (χ1v) is 8.81. The normalized spacial score (nSPS) is 15.0. The molecule has 2 aromatic rings. The summed E-state index contributed by atoms with van der Waals surface area (Å²) in [5, 5.41) is 0. The lowest BCUT2D eigenvalue weighted by atomic mass is 10.1. The number of benzene rings is 1. The quantitative estimate of drug-likeness (QED) is 0.855. The molecule has 0 radical (unpaired) electrons. The van der Waals surface area contributed by atoms with Crippen LogP contribution in [0, 0.1) is 11.6 Å². The molecule has 0 bridgehead atoms. The molecule has 22 heavy (non-hydrogen) atoms. The van der Waals surface area contributed by atoms with Crippen molar-refractivity contribution >= 4 is 11.8 Å². The van der Waals surface area contributed by atoms with E-state index in [4.69, 9.17) is 0 Å². The lowest BCUT2D eigenvalue weighted by Crippen LogP contribution is -2.31. The number of hydrogen-bond donors (Lipinski definition) is 1. The SMILES string of the molecule is CSCCCN1CCc2nc(-c3ccc(F)cc3F)[nH]c2C1. The highest BCUT2D eigenvalue weighted by Crippen LogP contribution is 2.25. The third-order valence-corrected chi connectivity index (χ3v) is 4.62. The Labute approximate surface area is 133 Å². The van der Waals surface area contributed by atoms with Crippen molar-refractivity contribution in [2.24, 2.45) is 0 Å². The highest BCUT2D eigenvalue weighted by atomic mass is 32.2. The molecular weight excluding hydrogens is 304 g/mol. The van der Waals surface area contributed by atoms with Crippen molar-refractivity contribution in [2.45, 2.75) is 19.4 Å². The topological polar surface area (TPSA) is 31.9 Å².